The third kappa shape index (κ3) is 3.82. The summed E-state index contributed by atoms with van der Waals surface area (Å²) in [4.78, 5) is 2.57. The zero-order valence-electron chi connectivity index (χ0n) is 15.1. The minimum absolute atomic E-state index is 0.382. The molecule has 0 bridgehead atoms. The quantitative estimate of drug-likeness (QED) is 0.778. The molecule has 0 aromatic carbocycles. The lowest BCUT2D eigenvalue weighted by molar-refractivity contribution is 0.0319. The normalized spacial score (nSPS) is 35.4. The van der Waals surface area contributed by atoms with E-state index in [0.29, 0.717) is 11.6 Å². The lowest BCUT2D eigenvalue weighted by Crippen LogP contribution is -2.61. The fraction of sp³-hybridized carbons (Fsp3) is 1.00. The second-order valence-electron chi connectivity index (χ2n) is 8.36. The van der Waals surface area contributed by atoms with Gasteiger partial charge in [0.25, 0.3) is 0 Å². The summed E-state index contributed by atoms with van der Waals surface area (Å²) >= 11 is 0. The molecule has 0 aromatic rings. The minimum Gasteiger partial charge on any atom is -0.315 e. The first-order valence-electron chi connectivity index (χ1n) is 9.34. The maximum Gasteiger partial charge on any atom is 0.0359 e. The first-order chi connectivity index (χ1) is 9.99. The third-order valence-corrected chi connectivity index (χ3v) is 6.44. The SMILES string of the molecule is CNC(C1CC(C)CC(C)C1)C1(N(C)C)CCCCCC1. The maximum atomic E-state index is 3.79. The van der Waals surface area contributed by atoms with E-state index in [-0.39, 0.29) is 0 Å². The highest BCUT2D eigenvalue weighted by Crippen LogP contribution is 2.43. The Morgan fingerprint density at radius 1 is 0.905 bits per heavy atom. The second-order valence-corrected chi connectivity index (χ2v) is 8.36. The molecule has 0 spiro atoms. The number of likely N-dealkylation sites (N-methyl/N-ethyl adjacent to an activating group) is 2. The highest BCUT2D eigenvalue weighted by molar-refractivity contribution is 5.03. The molecule has 124 valence electrons. The van der Waals surface area contributed by atoms with Crippen LogP contribution in [0.3, 0.4) is 0 Å². The second kappa shape index (κ2) is 7.46. The molecule has 0 heterocycles. The molecule has 2 heteroatoms. The van der Waals surface area contributed by atoms with Gasteiger partial charge in [-0.2, -0.15) is 0 Å². The molecule has 3 unspecified atom stereocenters. The molecule has 2 aliphatic carbocycles. The summed E-state index contributed by atoms with van der Waals surface area (Å²) in [5.74, 6) is 2.66. The summed E-state index contributed by atoms with van der Waals surface area (Å²) in [7, 11) is 6.86. The van der Waals surface area contributed by atoms with Crippen molar-refractivity contribution in [3.8, 4) is 0 Å². The van der Waals surface area contributed by atoms with E-state index in [1.807, 2.05) is 0 Å². The van der Waals surface area contributed by atoms with Crippen molar-refractivity contribution in [2.75, 3.05) is 21.1 Å². The van der Waals surface area contributed by atoms with Gasteiger partial charge in [0, 0.05) is 11.6 Å². The van der Waals surface area contributed by atoms with Gasteiger partial charge in [0.05, 0.1) is 0 Å². The van der Waals surface area contributed by atoms with E-state index < -0.39 is 0 Å². The average molecular weight is 295 g/mol. The Labute approximate surface area is 133 Å². The third-order valence-electron chi connectivity index (χ3n) is 6.44. The van der Waals surface area contributed by atoms with E-state index in [9.17, 15) is 0 Å². The van der Waals surface area contributed by atoms with Crippen LogP contribution in [-0.4, -0.2) is 37.6 Å². The van der Waals surface area contributed by atoms with Gasteiger partial charge in [0.15, 0.2) is 0 Å². The maximum absolute atomic E-state index is 3.79. The van der Waals surface area contributed by atoms with Crippen molar-refractivity contribution in [2.45, 2.75) is 83.2 Å². The van der Waals surface area contributed by atoms with Crippen LogP contribution in [0.4, 0.5) is 0 Å². The van der Waals surface area contributed by atoms with Crippen LogP contribution < -0.4 is 5.32 Å². The molecule has 0 aliphatic heterocycles. The number of rotatable bonds is 4. The zero-order valence-corrected chi connectivity index (χ0v) is 15.1. The summed E-state index contributed by atoms with van der Waals surface area (Å²) in [6, 6.07) is 0.663. The molecule has 3 atom stereocenters. The Hall–Kier alpha value is -0.0800. The fourth-order valence-corrected chi connectivity index (χ4v) is 5.60. The highest BCUT2D eigenvalue weighted by Gasteiger charge is 2.45. The summed E-state index contributed by atoms with van der Waals surface area (Å²) in [6.07, 6.45) is 12.7. The Kier molecular flexibility index (Phi) is 6.14. The van der Waals surface area contributed by atoms with Crippen molar-refractivity contribution < 1.29 is 0 Å². The van der Waals surface area contributed by atoms with E-state index in [1.165, 1.54) is 57.8 Å². The monoisotopic (exact) mass is 294 g/mol. The van der Waals surface area contributed by atoms with E-state index in [4.69, 9.17) is 0 Å². The fourth-order valence-electron chi connectivity index (χ4n) is 5.60. The summed E-state index contributed by atoms with van der Waals surface area (Å²) in [6.45, 7) is 4.93. The van der Waals surface area contributed by atoms with E-state index in [1.54, 1.807) is 0 Å². The molecular formula is C19H38N2. The predicted octanol–water partition coefficient (Wildman–Crippen LogP) is 4.30. The molecule has 0 saturated heterocycles. The summed E-state index contributed by atoms with van der Waals surface area (Å²) in [5, 5.41) is 3.79. The van der Waals surface area contributed by atoms with Crippen LogP contribution in [0, 0.1) is 17.8 Å². The summed E-state index contributed by atoms with van der Waals surface area (Å²) < 4.78 is 0. The van der Waals surface area contributed by atoms with Gasteiger partial charge in [-0.05, 0) is 71.0 Å². The molecule has 2 rings (SSSR count). The Morgan fingerprint density at radius 2 is 1.43 bits per heavy atom. The molecule has 2 aliphatic rings. The molecule has 0 radical (unpaired) electrons. The van der Waals surface area contributed by atoms with Crippen molar-refractivity contribution in [1.29, 1.82) is 0 Å². The van der Waals surface area contributed by atoms with Crippen molar-refractivity contribution in [2.24, 2.45) is 17.8 Å². The topological polar surface area (TPSA) is 15.3 Å². The summed E-state index contributed by atoms with van der Waals surface area (Å²) in [5.41, 5.74) is 0.382. The van der Waals surface area contributed by atoms with Crippen LogP contribution in [0.5, 0.6) is 0 Å². The van der Waals surface area contributed by atoms with E-state index in [2.05, 4.69) is 45.2 Å². The number of hydrogen-bond acceptors (Lipinski definition) is 2. The predicted molar refractivity (Wildman–Crippen MR) is 92.6 cm³/mol. The van der Waals surface area contributed by atoms with Gasteiger partial charge in [-0.25, -0.2) is 0 Å². The molecule has 2 fully saturated rings. The first kappa shape index (κ1) is 17.3. The van der Waals surface area contributed by atoms with Gasteiger partial charge >= 0.3 is 0 Å². The van der Waals surface area contributed by atoms with Crippen molar-refractivity contribution in [1.82, 2.24) is 10.2 Å². The Balaban J connectivity index is 2.22. The van der Waals surface area contributed by atoms with Crippen LogP contribution in [-0.2, 0) is 0 Å². The van der Waals surface area contributed by atoms with Crippen LogP contribution in [0.1, 0.15) is 71.6 Å². The largest absolute Gasteiger partial charge is 0.315 e. The standard InChI is InChI=1S/C19H38N2/c1-15-12-16(2)14-17(13-15)18(20-3)19(21(4)5)10-8-6-7-9-11-19/h15-18,20H,6-14H2,1-5H3. The Bertz CT molecular complexity index is 295. The van der Waals surface area contributed by atoms with Gasteiger partial charge in [-0.1, -0.05) is 39.5 Å². The van der Waals surface area contributed by atoms with Crippen LogP contribution in [0.15, 0.2) is 0 Å². The molecule has 1 N–H and O–H groups in total. The number of nitrogens with zero attached hydrogens (tertiary/aromatic N) is 1. The van der Waals surface area contributed by atoms with Crippen LogP contribution in [0.2, 0.25) is 0 Å². The van der Waals surface area contributed by atoms with Gasteiger partial charge in [-0.3, -0.25) is 0 Å². The lowest BCUT2D eigenvalue weighted by atomic mass is 9.67. The number of hydrogen-bond donors (Lipinski definition) is 1. The van der Waals surface area contributed by atoms with Crippen molar-refractivity contribution >= 4 is 0 Å². The van der Waals surface area contributed by atoms with Gasteiger partial charge < -0.3 is 10.2 Å². The highest BCUT2D eigenvalue weighted by atomic mass is 15.2. The van der Waals surface area contributed by atoms with Gasteiger partial charge in [-0.15, -0.1) is 0 Å². The van der Waals surface area contributed by atoms with Crippen LogP contribution in [0.25, 0.3) is 0 Å². The zero-order chi connectivity index (χ0) is 15.5. The first-order valence-corrected chi connectivity index (χ1v) is 9.34. The van der Waals surface area contributed by atoms with Gasteiger partial charge in [0.2, 0.25) is 0 Å². The van der Waals surface area contributed by atoms with Gasteiger partial charge in [0.1, 0.15) is 0 Å². The average Bonchev–Trinajstić information content (AvgIpc) is 2.65. The number of nitrogens with one attached hydrogen (secondary N) is 1. The minimum atomic E-state index is 0.382. The molecule has 0 aromatic heterocycles. The molecule has 2 nitrogen and oxygen atoms in total. The Morgan fingerprint density at radius 3 is 1.86 bits per heavy atom. The molecule has 0 amide bonds. The van der Waals surface area contributed by atoms with Crippen molar-refractivity contribution in [3.63, 3.8) is 0 Å². The smallest absolute Gasteiger partial charge is 0.0359 e. The molecule has 2 saturated carbocycles. The van der Waals surface area contributed by atoms with E-state index in [0.717, 1.165) is 17.8 Å². The van der Waals surface area contributed by atoms with Crippen LogP contribution >= 0.6 is 0 Å². The van der Waals surface area contributed by atoms with Crippen molar-refractivity contribution in [3.05, 3.63) is 0 Å². The van der Waals surface area contributed by atoms with E-state index >= 15 is 0 Å². The lowest BCUT2D eigenvalue weighted by Gasteiger charge is -2.51. The molecular weight excluding hydrogens is 256 g/mol. The molecule has 21 heavy (non-hydrogen) atoms.